The van der Waals surface area contributed by atoms with E-state index in [9.17, 15) is 18.0 Å². The maximum absolute atomic E-state index is 12.9. The predicted octanol–water partition coefficient (Wildman–Crippen LogP) is 2.98. The minimum Gasteiger partial charge on any atom is -0.369 e. The summed E-state index contributed by atoms with van der Waals surface area (Å²) >= 11 is 1.32. The molecule has 8 heteroatoms. The number of benzene rings is 1. The van der Waals surface area contributed by atoms with Crippen LogP contribution in [-0.4, -0.2) is 48.0 Å². The minimum absolute atomic E-state index is 0.0574. The van der Waals surface area contributed by atoms with Gasteiger partial charge in [-0.3, -0.25) is 4.79 Å². The van der Waals surface area contributed by atoms with Gasteiger partial charge in [-0.05, 0) is 24.3 Å². The van der Waals surface area contributed by atoms with Gasteiger partial charge in [0.25, 0.3) is 6.43 Å². The number of nitrogens with zero attached hydrogens (tertiary/aromatic N) is 2. The third-order valence-corrected chi connectivity index (χ3v) is 4.57. The first-order valence-corrected chi connectivity index (χ1v) is 8.29. The number of hydrogen-bond acceptors (Lipinski definition) is 4. The van der Waals surface area contributed by atoms with Crippen molar-refractivity contribution in [3.8, 4) is 11.3 Å². The molecule has 2 aromatic rings. The zero-order chi connectivity index (χ0) is 17.1. The van der Waals surface area contributed by atoms with Crippen LogP contribution in [0.2, 0.25) is 0 Å². The van der Waals surface area contributed by atoms with Crippen LogP contribution in [-0.2, 0) is 16.0 Å². The number of alkyl halides is 2. The summed E-state index contributed by atoms with van der Waals surface area (Å²) in [5.74, 6) is -0.575. The van der Waals surface area contributed by atoms with E-state index >= 15 is 0 Å². The highest BCUT2D eigenvalue weighted by Crippen LogP contribution is 2.23. The predicted molar refractivity (Wildman–Crippen MR) is 83.5 cm³/mol. The van der Waals surface area contributed by atoms with Gasteiger partial charge in [0.2, 0.25) is 5.91 Å². The molecule has 128 valence electrons. The maximum atomic E-state index is 12.9. The molecule has 24 heavy (non-hydrogen) atoms. The number of carbonyl (C=O) groups excluding carboxylic acids is 1. The average molecular weight is 356 g/mol. The van der Waals surface area contributed by atoms with Crippen LogP contribution in [0.3, 0.4) is 0 Å². The van der Waals surface area contributed by atoms with Crippen molar-refractivity contribution >= 4 is 17.2 Å². The molecule has 3 rings (SSSR count). The average Bonchev–Trinajstić information content (AvgIpc) is 3.04. The molecule has 1 aliphatic heterocycles. The van der Waals surface area contributed by atoms with Crippen LogP contribution in [0.1, 0.15) is 5.01 Å². The van der Waals surface area contributed by atoms with Crippen molar-refractivity contribution < 1.29 is 22.7 Å². The standard InChI is InChI=1S/C16H15F3N2O2S/c17-11-3-1-10(2-4-11)12-9-24-14(20-12)7-15(22)21-5-6-23-13(8-21)16(18)19/h1-4,9,13,16H,5-8H2. The SMILES string of the molecule is O=C(Cc1nc(-c2ccc(F)cc2)cs1)N1CCOC(C(F)F)C1. The van der Waals surface area contributed by atoms with Crippen molar-refractivity contribution in [2.24, 2.45) is 0 Å². The highest BCUT2D eigenvalue weighted by atomic mass is 32.1. The number of halogens is 3. The van der Waals surface area contributed by atoms with Gasteiger partial charge in [0.15, 0.2) is 0 Å². The highest BCUT2D eigenvalue weighted by molar-refractivity contribution is 7.10. The highest BCUT2D eigenvalue weighted by Gasteiger charge is 2.30. The number of thiazole rings is 1. The second-order valence-electron chi connectivity index (χ2n) is 5.39. The van der Waals surface area contributed by atoms with Crippen molar-refractivity contribution in [2.75, 3.05) is 19.7 Å². The topological polar surface area (TPSA) is 42.4 Å². The third kappa shape index (κ3) is 3.93. The van der Waals surface area contributed by atoms with Gasteiger partial charge >= 0.3 is 0 Å². The Kier molecular flexibility index (Phi) is 5.15. The van der Waals surface area contributed by atoms with Gasteiger partial charge in [0.1, 0.15) is 16.9 Å². The number of morpholine rings is 1. The zero-order valence-corrected chi connectivity index (χ0v) is 13.4. The molecule has 0 bridgehead atoms. The number of ether oxygens (including phenoxy) is 1. The van der Waals surface area contributed by atoms with E-state index in [0.717, 1.165) is 5.56 Å². The Morgan fingerprint density at radius 2 is 2.12 bits per heavy atom. The van der Waals surface area contributed by atoms with E-state index in [1.54, 1.807) is 17.5 Å². The minimum atomic E-state index is -2.61. The smallest absolute Gasteiger partial charge is 0.266 e. The summed E-state index contributed by atoms with van der Waals surface area (Å²) in [7, 11) is 0. The lowest BCUT2D eigenvalue weighted by molar-refractivity contribution is -0.145. The van der Waals surface area contributed by atoms with Crippen molar-refractivity contribution in [1.29, 1.82) is 0 Å². The molecule has 1 aliphatic rings. The number of hydrogen-bond donors (Lipinski definition) is 0. The maximum Gasteiger partial charge on any atom is 0.266 e. The van der Waals surface area contributed by atoms with Gasteiger partial charge in [0.05, 0.1) is 25.3 Å². The van der Waals surface area contributed by atoms with Gasteiger partial charge in [-0.1, -0.05) is 0 Å². The van der Waals surface area contributed by atoms with Gasteiger partial charge < -0.3 is 9.64 Å². The lowest BCUT2D eigenvalue weighted by Crippen LogP contribution is -2.48. The second-order valence-corrected chi connectivity index (χ2v) is 6.34. The van der Waals surface area contributed by atoms with E-state index in [2.05, 4.69) is 4.98 Å². The normalized spacial score (nSPS) is 18.2. The van der Waals surface area contributed by atoms with Crippen LogP contribution in [0.15, 0.2) is 29.6 Å². The van der Waals surface area contributed by atoms with E-state index in [1.165, 1.54) is 28.4 Å². The van der Waals surface area contributed by atoms with Crippen LogP contribution in [0.5, 0.6) is 0 Å². The van der Waals surface area contributed by atoms with Gasteiger partial charge in [-0.2, -0.15) is 0 Å². The molecule has 1 aromatic carbocycles. The number of rotatable bonds is 4. The van der Waals surface area contributed by atoms with Crippen LogP contribution < -0.4 is 0 Å². The van der Waals surface area contributed by atoms with Crippen molar-refractivity contribution in [3.63, 3.8) is 0 Å². The molecule has 0 saturated carbocycles. The summed E-state index contributed by atoms with van der Waals surface area (Å²) in [5, 5.41) is 2.39. The molecule has 0 radical (unpaired) electrons. The summed E-state index contributed by atoms with van der Waals surface area (Å²) in [6.07, 6.45) is -3.78. The molecular weight excluding hydrogens is 341 g/mol. The lowest BCUT2D eigenvalue weighted by Gasteiger charge is -2.32. The molecule has 1 saturated heterocycles. The fraction of sp³-hybridized carbons (Fsp3) is 0.375. The molecule has 0 spiro atoms. The number of carbonyl (C=O) groups is 1. The Bertz CT molecular complexity index is 706. The summed E-state index contributed by atoms with van der Waals surface area (Å²) < 4.78 is 43.3. The molecule has 0 N–H and O–H groups in total. The third-order valence-electron chi connectivity index (χ3n) is 3.72. The first kappa shape index (κ1) is 16.9. The second kappa shape index (κ2) is 7.31. The van der Waals surface area contributed by atoms with Crippen molar-refractivity contribution in [3.05, 3.63) is 40.5 Å². The Morgan fingerprint density at radius 3 is 2.83 bits per heavy atom. The van der Waals surface area contributed by atoms with Gasteiger partial charge in [-0.15, -0.1) is 11.3 Å². The fourth-order valence-electron chi connectivity index (χ4n) is 2.44. The van der Waals surface area contributed by atoms with Crippen LogP contribution >= 0.6 is 11.3 Å². The quantitative estimate of drug-likeness (QED) is 0.846. The largest absolute Gasteiger partial charge is 0.369 e. The van der Waals surface area contributed by atoms with Gasteiger partial charge in [-0.25, -0.2) is 18.2 Å². The van der Waals surface area contributed by atoms with E-state index in [4.69, 9.17) is 4.74 Å². The molecule has 2 heterocycles. The van der Waals surface area contributed by atoms with E-state index in [1.807, 2.05) is 0 Å². The molecule has 0 aliphatic carbocycles. The summed E-state index contributed by atoms with van der Waals surface area (Å²) in [6.45, 7) is 0.310. The molecule has 1 atom stereocenters. The number of aromatic nitrogens is 1. The Hall–Kier alpha value is -1.93. The molecule has 1 amide bonds. The van der Waals surface area contributed by atoms with E-state index < -0.39 is 12.5 Å². The molecule has 1 fully saturated rings. The summed E-state index contributed by atoms with van der Waals surface area (Å²) in [6, 6.07) is 5.92. The molecule has 1 aromatic heterocycles. The fourth-order valence-corrected chi connectivity index (χ4v) is 3.24. The monoisotopic (exact) mass is 356 g/mol. The Morgan fingerprint density at radius 1 is 1.38 bits per heavy atom. The van der Waals surface area contributed by atoms with Crippen LogP contribution in [0.25, 0.3) is 11.3 Å². The first-order valence-electron chi connectivity index (χ1n) is 7.41. The van der Waals surface area contributed by atoms with Gasteiger partial charge in [0, 0.05) is 17.5 Å². The Balaban J connectivity index is 1.64. The molecular formula is C16H15F3N2O2S. The van der Waals surface area contributed by atoms with Crippen LogP contribution in [0, 0.1) is 5.82 Å². The summed E-state index contributed by atoms with van der Waals surface area (Å²) in [5.41, 5.74) is 1.42. The lowest BCUT2D eigenvalue weighted by atomic mass is 10.2. The van der Waals surface area contributed by atoms with Crippen molar-refractivity contribution in [2.45, 2.75) is 19.0 Å². The summed E-state index contributed by atoms with van der Waals surface area (Å²) in [4.78, 5) is 18.0. The Labute approximate surface area is 140 Å². The zero-order valence-electron chi connectivity index (χ0n) is 12.6. The molecule has 1 unspecified atom stereocenters. The number of amides is 1. The van der Waals surface area contributed by atoms with Crippen LogP contribution in [0.4, 0.5) is 13.2 Å². The van der Waals surface area contributed by atoms with E-state index in [0.29, 0.717) is 17.2 Å². The van der Waals surface area contributed by atoms with E-state index in [-0.39, 0.29) is 31.3 Å². The molecule has 4 nitrogen and oxygen atoms in total. The first-order chi connectivity index (χ1) is 11.5. The van der Waals surface area contributed by atoms with Crippen molar-refractivity contribution in [1.82, 2.24) is 9.88 Å².